The Labute approximate surface area is 217 Å². The van der Waals surface area contributed by atoms with E-state index in [-0.39, 0.29) is 17.3 Å². The summed E-state index contributed by atoms with van der Waals surface area (Å²) in [6.07, 6.45) is 0. The van der Waals surface area contributed by atoms with Crippen LogP contribution in [0.5, 0.6) is 0 Å². The Morgan fingerprint density at radius 1 is 1.00 bits per heavy atom. The molecule has 0 atom stereocenters. The molecule has 1 amide bonds. The first kappa shape index (κ1) is 27.1. The van der Waals surface area contributed by atoms with Crippen molar-refractivity contribution in [2.45, 2.75) is 37.3 Å². The van der Waals surface area contributed by atoms with Crippen molar-refractivity contribution in [3.05, 3.63) is 94.5 Å². The molecule has 3 aromatic rings. The second-order valence-corrected chi connectivity index (χ2v) is 11.9. The highest BCUT2D eigenvalue weighted by Gasteiger charge is 2.27. The minimum absolute atomic E-state index is 0.152. The summed E-state index contributed by atoms with van der Waals surface area (Å²) in [6, 6.07) is 21.6. The van der Waals surface area contributed by atoms with Crippen molar-refractivity contribution in [3.63, 3.8) is 0 Å². The molecule has 5 nitrogen and oxygen atoms in total. The Hall–Kier alpha value is -2.48. The standard InChI is InChI=1S/C27H31ClN2O3S2/c1-20(2)22-10-12-24(13-11-22)30(35(32,33)25-14-8-21(3)9-15-25)18-27(31)29-16-17-34-19-23-6-4-5-7-26(23)28/h4-15,20H,16-19H2,1-3H3,(H,29,31). The topological polar surface area (TPSA) is 66.5 Å². The Morgan fingerprint density at radius 2 is 1.66 bits per heavy atom. The molecule has 0 aliphatic heterocycles. The molecular formula is C27H31ClN2O3S2. The summed E-state index contributed by atoms with van der Waals surface area (Å²) in [5.74, 6) is 1.39. The number of sulfonamides is 1. The van der Waals surface area contributed by atoms with Gasteiger partial charge in [-0.05, 0) is 54.3 Å². The molecule has 0 saturated carbocycles. The number of rotatable bonds is 11. The van der Waals surface area contributed by atoms with Crippen LogP contribution in [0.3, 0.4) is 0 Å². The third-order valence-electron chi connectivity index (χ3n) is 5.53. The predicted molar refractivity (Wildman–Crippen MR) is 147 cm³/mol. The molecule has 35 heavy (non-hydrogen) atoms. The van der Waals surface area contributed by atoms with Crippen molar-refractivity contribution >= 4 is 45.0 Å². The van der Waals surface area contributed by atoms with Gasteiger partial charge in [0.1, 0.15) is 6.54 Å². The van der Waals surface area contributed by atoms with Crippen LogP contribution in [0.2, 0.25) is 5.02 Å². The van der Waals surface area contributed by atoms with Gasteiger partial charge >= 0.3 is 0 Å². The Balaban J connectivity index is 1.68. The predicted octanol–water partition coefficient (Wildman–Crippen LogP) is 6.02. The molecule has 3 aromatic carbocycles. The van der Waals surface area contributed by atoms with Crippen LogP contribution in [0.4, 0.5) is 5.69 Å². The van der Waals surface area contributed by atoms with Gasteiger partial charge in [0.25, 0.3) is 10.0 Å². The molecule has 0 aliphatic rings. The summed E-state index contributed by atoms with van der Waals surface area (Å²) in [5.41, 5.74) is 3.56. The molecule has 0 spiro atoms. The first-order chi connectivity index (χ1) is 16.7. The lowest BCUT2D eigenvalue weighted by molar-refractivity contribution is -0.119. The maximum Gasteiger partial charge on any atom is 0.264 e. The van der Waals surface area contributed by atoms with Gasteiger partial charge in [-0.15, -0.1) is 0 Å². The Morgan fingerprint density at radius 3 is 2.29 bits per heavy atom. The second-order valence-electron chi connectivity index (χ2n) is 8.56. The van der Waals surface area contributed by atoms with Crippen LogP contribution in [0.1, 0.15) is 36.5 Å². The molecule has 0 unspecified atom stereocenters. The van der Waals surface area contributed by atoms with Crippen molar-refractivity contribution < 1.29 is 13.2 Å². The molecule has 0 heterocycles. The van der Waals surface area contributed by atoms with E-state index in [2.05, 4.69) is 19.2 Å². The molecule has 3 rings (SSSR count). The number of aryl methyl sites for hydroxylation is 1. The van der Waals surface area contributed by atoms with E-state index in [4.69, 9.17) is 11.6 Å². The summed E-state index contributed by atoms with van der Waals surface area (Å²) in [5, 5.41) is 3.57. The SMILES string of the molecule is Cc1ccc(S(=O)(=O)N(CC(=O)NCCSCc2ccccc2Cl)c2ccc(C(C)C)cc2)cc1. The van der Waals surface area contributed by atoms with Gasteiger partial charge in [0.2, 0.25) is 5.91 Å². The van der Waals surface area contributed by atoms with Crippen molar-refractivity contribution in [1.29, 1.82) is 0 Å². The molecule has 186 valence electrons. The van der Waals surface area contributed by atoms with Gasteiger partial charge in [0, 0.05) is 23.1 Å². The number of amides is 1. The molecule has 0 aromatic heterocycles. The maximum atomic E-state index is 13.5. The fraction of sp³-hybridized carbons (Fsp3) is 0.296. The molecule has 8 heteroatoms. The average molecular weight is 531 g/mol. The number of anilines is 1. The van der Waals surface area contributed by atoms with Crippen molar-refractivity contribution in [2.24, 2.45) is 0 Å². The first-order valence-electron chi connectivity index (χ1n) is 11.5. The number of nitrogens with one attached hydrogen (secondary N) is 1. The molecule has 1 N–H and O–H groups in total. The number of benzene rings is 3. The number of hydrogen-bond acceptors (Lipinski definition) is 4. The lowest BCUT2D eigenvalue weighted by atomic mass is 10.0. The Kier molecular flexibility index (Phi) is 9.66. The fourth-order valence-corrected chi connectivity index (χ4v) is 5.99. The summed E-state index contributed by atoms with van der Waals surface area (Å²) >= 11 is 7.84. The van der Waals surface area contributed by atoms with Crippen molar-refractivity contribution in [1.82, 2.24) is 5.32 Å². The molecule has 0 fully saturated rings. The lowest BCUT2D eigenvalue weighted by Crippen LogP contribution is -2.41. The number of hydrogen-bond donors (Lipinski definition) is 1. The summed E-state index contributed by atoms with van der Waals surface area (Å²) < 4.78 is 28.2. The van der Waals surface area contributed by atoms with Crippen LogP contribution in [-0.2, 0) is 20.6 Å². The van der Waals surface area contributed by atoms with Crippen LogP contribution in [-0.4, -0.2) is 33.2 Å². The normalized spacial score (nSPS) is 11.5. The number of carbonyl (C=O) groups excluding carboxylic acids is 1. The summed E-state index contributed by atoms with van der Waals surface area (Å²) in [7, 11) is -3.92. The monoisotopic (exact) mass is 530 g/mol. The molecule has 0 radical (unpaired) electrons. The van der Waals surface area contributed by atoms with E-state index in [0.717, 1.165) is 27.5 Å². The van der Waals surface area contributed by atoms with Gasteiger partial charge in [-0.25, -0.2) is 8.42 Å². The zero-order valence-electron chi connectivity index (χ0n) is 20.2. The quantitative estimate of drug-likeness (QED) is 0.308. The minimum Gasteiger partial charge on any atom is -0.354 e. The second kappa shape index (κ2) is 12.5. The third kappa shape index (κ3) is 7.50. The van der Waals surface area contributed by atoms with Crippen LogP contribution in [0.15, 0.2) is 77.7 Å². The van der Waals surface area contributed by atoms with Gasteiger partial charge < -0.3 is 5.32 Å². The van der Waals surface area contributed by atoms with Crippen LogP contribution < -0.4 is 9.62 Å². The molecule has 0 aliphatic carbocycles. The van der Waals surface area contributed by atoms with Crippen LogP contribution in [0, 0.1) is 6.92 Å². The highest BCUT2D eigenvalue weighted by Crippen LogP contribution is 2.26. The average Bonchev–Trinajstić information content (AvgIpc) is 2.83. The lowest BCUT2D eigenvalue weighted by Gasteiger charge is -2.24. The smallest absolute Gasteiger partial charge is 0.264 e. The minimum atomic E-state index is -3.92. The summed E-state index contributed by atoms with van der Waals surface area (Å²) in [4.78, 5) is 12.9. The summed E-state index contributed by atoms with van der Waals surface area (Å²) in [6.45, 7) is 6.18. The highest BCUT2D eigenvalue weighted by atomic mass is 35.5. The van der Waals surface area contributed by atoms with Crippen LogP contribution in [0.25, 0.3) is 0 Å². The van der Waals surface area contributed by atoms with Gasteiger partial charge in [-0.3, -0.25) is 9.10 Å². The van der Waals surface area contributed by atoms with E-state index < -0.39 is 10.0 Å². The number of nitrogens with zero attached hydrogens (tertiary/aromatic N) is 1. The van der Waals surface area contributed by atoms with Gasteiger partial charge in [0.15, 0.2) is 0 Å². The zero-order valence-corrected chi connectivity index (χ0v) is 22.6. The van der Waals surface area contributed by atoms with E-state index in [0.29, 0.717) is 23.9 Å². The van der Waals surface area contributed by atoms with Gasteiger partial charge in [-0.1, -0.05) is 73.5 Å². The van der Waals surface area contributed by atoms with Gasteiger partial charge in [-0.2, -0.15) is 11.8 Å². The largest absolute Gasteiger partial charge is 0.354 e. The number of carbonyl (C=O) groups is 1. The first-order valence-corrected chi connectivity index (χ1v) is 14.4. The molecule has 0 saturated heterocycles. The van der Waals surface area contributed by atoms with Crippen molar-refractivity contribution in [3.8, 4) is 0 Å². The molecule has 0 bridgehead atoms. The molecular weight excluding hydrogens is 500 g/mol. The van der Waals surface area contributed by atoms with Crippen LogP contribution >= 0.6 is 23.4 Å². The maximum absolute atomic E-state index is 13.5. The van der Waals surface area contributed by atoms with E-state index in [1.165, 1.54) is 4.31 Å². The fourth-order valence-electron chi connectivity index (χ4n) is 3.42. The number of halogens is 1. The van der Waals surface area contributed by atoms with E-state index in [1.807, 2.05) is 43.3 Å². The van der Waals surface area contributed by atoms with Crippen molar-refractivity contribution in [2.75, 3.05) is 23.1 Å². The third-order valence-corrected chi connectivity index (χ3v) is 8.69. The van der Waals surface area contributed by atoms with E-state index in [9.17, 15) is 13.2 Å². The highest BCUT2D eigenvalue weighted by molar-refractivity contribution is 7.98. The Bertz CT molecular complexity index is 1230. The van der Waals surface area contributed by atoms with E-state index in [1.54, 1.807) is 48.2 Å². The van der Waals surface area contributed by atoms with E-state index >= 15 is 0 Å². The zero-order chi connectivity index (χ0) is 25.4. The van der Waals surface area contributed by atoms with Gasteiger partial charge in [0.05, 0.1) is 10.6 Å². The number of thioether (sulfide) groups is 1.